The Bertz CT molecular complexity index is 634. The summed E-state index contributed by atoms with van der Waals surface area (Å²) in [5, 5.41) is 5.10. The first kappa shape index (κ1) is 20.8. The first-order valence-electron chi connectivity index (χ1n) is 8.02. The standard InChI is InChI=1S/C17H25N3O4S/c1-11(2)15(19-12(3)21)17(23)20-14(16(18)22)9-10-25(24)13-7-5-4-6-8-13/h4-8,11,14-15H,9-10H2,1-3H3,(H2,18,22)(H,19,21)(H,20,23)/t14-,15+,25-/m0/s1. The molecule has 7 nitrogen and oxygen atoms in total. The van der Waals surface area contributed by atoms with E-state index in [0.717, 1.165) is 0 Å². The summed E-state index contributed by atoms with van der Waals surface area (Å²) in [5.74, 6) is -1.50. The zero-order valence-corrected chi connectivity index (χ0v) is 15.5. The average Bonchev–Trinajstić information content (AvgIpc) is 2.56. The summed E-state index contributed by atoms with van der Waals surface area (Å²) in [5.41, 5.74) is 5.35. The Kier molecular flexibility index (Phi) is 8.27. The van der Waals surface area contributed by atoms with Crippen LogP contribution in [0.25, 0.3) is 0 Å². The van der Waals surface area contributed by atoms with E-state index >= 15 is 0 Å². The van der Waals surface area contributed by atoms with Crippen LogP contribution in [0.2, 0.25) is 0 Å². The largest absolute Gasteiger partial charge is 0.368 e. The average molecular weight is 367 g/mol. The third-order valence-electron chi connectivity index (χ3n) is 3.57. The summed E-state index contributed by atoms with van der Waals surface area (Å²) >= 11 is 0. The van der Waals surface area contributed by atoms with Gasteiger partial charge in [0.05, 0.1) is 10.8 Å². The van der Waals surface area contributed by atoms with Crippen molar-refractivity contribution in [3.8, 4) is 0 Å². The van der Waals surface area contributed by atoms with Crippen LogP contribution in [0.1, 0.15) is 27.2 Å². The number of nitrogens with one attached hydrogen (secondary N) is 2. The van der Waals surface area contributed by atoms with Gasteiger partial charge >= 0.3 is 0 Å². The van der Waals surface area contributed by atoms with E-state index in [-0.39, 0.29) is 24.0 Å². The topological polar surface area (TPSA) is 118 Å². The second kappa shape index (κ2) is 9.93. The number of benzene rings is 1. The summed E-state index contributed by atoms with van der Waals surface area (Å²) < 4.78 is 12.2. The van der Waals surface area contributed by atoms with Gasteiger partial charge in [0.25, 0.3) is 0 Å². The maximum Gasteiger partial charge on any atom is 0.243 e. The van der Waals surface area contributed by atoms with Crippen molar-refractivity contribution >= 4 is 28.5 Å². The molecular weight excluding hydrogens is 342 g/mol. The van der Waals surface area contributed by atoms with Gasteiger partial charge in [0.1, 0.15) is 12.1 Å². The van der Waals surface area contributed by atoms with Crippen molar-refractivity contribution in [2.75, 3.05) is 5.75 Å². The van der Waals surface area contributed by atoms with Crippen LogP contribution in [-0.4, -0.2) is 39.8 Å². The van der Waals surface area contributed by atoms with Crippen molar-refractivity contribution in [2.24, 2.45) is 11.7 Å². The third kappa shape index (κ3) is 7.04. The van der Waals surface area contributed by atoms with Crippen molar-refractivity contribution < 1.29 is 18.6 Å². The highest BCUT2D eigenvalue weighted by Gasteiger charge is 2.27. The number of primary amides is 1. The van der Waals surface area contributed by atoms with Crippen LogP contribution in [0.4, 0.5) is 0 Å². The van der Waals surface area contributed by atoms with E-state index < -0.39 is 34.7 Å². The minimum atomic E-state index is -1.29. The number of rotatable bonds is 9. The highest BCUT2D eigenvalue weighted by molar-refractivity contribution is 7.85. The van der Waals surface area contributed by atoms with E-state index in [1.165, 1.54) is 6.92 Å². The minimum absolute atomic E-state index is 0.146. The third-order valence-corrected chi connectivity index (χ3v) is 4.97. The monoisotopic (exact) mass is 367 g/mol. The molecule has 0 aromatic heterocycles. The zero-order chi connectivity index (χ0) is 19.0. The highest BCUT2D eigenvalue weighted by Crippen LogP contribution is 2.09. The molecule has 1 aromatic carbocycles. The molecule has 1 aromatic rings. The van der Waals surface area contributed by atoms with Gasteiger partial charge in [-0.1, -0.05) is 32.0 Å². The molecule has 0 bridgehead atoms. The lowest BCUT2D eigenvalue weighted by Crippen LogP contribution is -2.54. The van der Waals surface area contributed by atoms with Gasteiger partial charge in [-0.15, -0.1) is 0 Å². The molecule has 0 saturated carbocycles. The molecule has 0 fully saturated rings. The number of hydrogen-bond donors (Lipinski definition) is 3. The SMILES string of the molecule is CC(=O)N[C@@H](C(=O)N[C@@H](CC[S@](=O)c1ccccc1)C(N)=O)C(C)C. The predicted octanol–water partition coefficient (Wildman–Crippen LogP) is 0.315. The molecule has 0 unspecified atom stereocenters. The smallest absolute Gasteiger partial charge is 0.243 e. The molecule has 25 heavy (non-hydrogen) atoms. The second-order valence-electron chi connectivity index (χ2n) is 6.04. The molecule has 3 atom stereocenters. The van der Waals surface area contributed by atoms with Crippen LogP contribution in [0.15, 0.2) is 35.2 Å². The number of hydrogen-bond acceptors (Lipinski definition) is 4. The van der Waals surface area contributed by atoms with E-state index in [0.29, 0.717) is 4.90 Å². The molecule has 4 N–H and O–H groups in total. The first-order valence-corrected chi connectivity index (χ1v) is 9.34. The Morgan fingerprint density at radius 3 is 2.20 bits per heavy atom. The quantitative estimate of drug-likeness (QED) is 0.582. The maximum absolute atomic E-state index is 12.3. The van der Waals surface area contributed by atoms with Crippen molar-refractivity contribution in [3.05, 3.63) is 30.3 Å². The molecule has 0 heterocycles. The van der Waals surface area contributed by atoms with E-state index in [9.17, 15) is 18.6 Å². The fourth-order valence-corrected chi connectivity index (χ4v) is 3.36. The van der Waals surface area contributed by atoms with Crippen molar-refractivity contribution in [2.45, 2.75) is 44.2 Å². The summed E-state index contributed by atoms with van der Waals surface area (Å²) in [7, 11) is -1.29. The summed E-state index contributed by atoms with van der Waals surface area (Å²) in [6.07, 6.45) is 0.146. The highest BCUT2D eigenvalue weighted by atomic mass is 32.2. The van der Waals surface area contributed by atoms with Crippen molar-refractivity contribution in [1.29, 1.82) is 0 Å². The van der Waals surface area contributed by atoms with Gasteiger partial charge < -0.3 is 16.4 Å². The number of carbonyl (C=O) groups excluding carboxylic acids is 3. The predicted molar refractivity (Wildman–Crippen MR) is 95.9 cm³/mol. The van der Waals surface area contributed by atoms with Gasteiger partial charge in [-0.25, -0.2) is 0 Å². The van der Waals surface area contributed by atoms with Gasteiger partial charge in [0.2, 0.25) is 17.7 Å². The van der Waals surface area contributed by atoms with Crippen molar-refractivity contribution in [1.82, 2.24) is 10.6 Å². The van der Waals surface area contributed by atoms with E-state index in [2.05, 4.69) is 10.6 Å². The first-order chi connectivity index (χ1) is 11.7. The number of nitrogens with two attached hydrogens (primary N) is 1. The lowest BCUT2D eigenvalue weighted by Gasteiger charge is -2.23. The Morgan fingerprint density at radius 2 is 1.72 bits per heavy atom. The Morgan fingerprint density at radius 1 is 1.12 bits per heavy atom. The van der Waals surface area contributed by atoms with Gasteiger partial charge in [0, 0.05) is 17.6 Å². The van der Waals surface area contributed by atoms with Gasteiger partial charge in [0.15, 0.2) is 0 Å². The van der Waals surface area contributed by atoms with E-state index in [1.807, 2.05) is 6.07 Å². The van der Waals surface area contributed by atoms with Crippen LogP contribution in [0.3, 0.4) is 0 Å². The molecule has 0 aliphatic heterocycles. The molecule has 0 aliphatic carbocycles. The van der Waals surface area contributed by atoms with Crippen LogP contribution in [-0.2, 0) is 25.2 Å². The Labute approximate surface area is 150 Å². The van der Waals surface area contributed by atoms with Gasteiger partial charge in [-0.05, 0) is 24.5 Å². The Hall–Kier alpha value is -2.22. The van der Waals surface area contributed by atoms with Crippen LogP contribution in [0, 0.1) is 5.92 Å². The van der Waals surface area contributed by atoms with E-state index in [4.69, 9.17) is 5.73 Å². The molecule has 1 rings (SSSR count). The van der Waals surface area contributed by atoms with Crippen LogP contribution >= 0.6 is 0 Å². The zero-order valence-electron chi connectivity index (χ0n) is 14.7. The fraction of sp³-hybridized carbons (Fsp3) is 0.471. The molecule has 0 spiro atoms. The summed E-state index contributed by atoms with van der Waals surface area (Å²) in [6.45, 7) is 4.88. The van der Waals surface area contributed by atoms with Gasteiger partial charge in [-0.3, -0.25) is 18.6 Å². The summed E-state index contributed by atoms with van der Waals surface area (Å²) in [4.78, 5) is 35.8. The second-order valence-corrected chi connectivity index (χ2v) is 7.61. The van der Waals surface area contributed by atoms with Gasteiger partial charge in [-0.2, -0.15) is 0 Å². The van der Waals surface area contributed by atoms with E-state index in [1.54, 1.807) is 38.1 Å². The molecule has 0 aliphatic rings. The lowest BCUT2D eigenvalue weighted by atomic mass is 10.0. The molecule has 0 radical (unpaired) electrons. The minimum Gasteiger partial charge on any atom is -0.368 e. The van der Waals surface area contributed by atoms with Crippen LogP contribution < -0.4 is 16.4 Å². The molecular formula is C17H25N3O4S. The maximum atomic E-state index is 12.3. The molecule has 138 valence electrons. The normalized spacial score (nSPS) is 14.4. The fourth-order valence-electron chi connectivity index (χ4n) is 2.22. The number of amides is 3. The number of carbonyl (C=O) groups is 3. The Balaban J connectivity index is 2.70. The lowest BCUT2D eigenvalue weighted by molar-refractivity contribution is -0.131. The molecule has 8 heteroatoms. The van der Waals surface area contributed by atoms with Crippen molar-refractivity contribution in [3.63, 3.8) is 0 Å². The molecule has 0 saturated heterocycles. The molecule has 3 amide bonds. The van der Waals surface area contributed by atoms with Crippen LogP contribution in [0.5, 0.6) is 0 Å². The summed E-state index contributed by atoms with van der Waals surface area (Å²) in [6, 6.07) is 7.14.